The van der Waals surface area contributed by atoms with Crippen molar-refractivity contribution in [1.82, 2.24) is 0 Å². The maximum Gasteiger partial charge on any atom is 0.270 e. The summed E-state index contributed by atoms with van der Waals surface area (Å²) in [6.45, 7) is 12.1. The Kier molecular flexibility index (Phi) is 4.53. The quantitative estimate of drug-likeness (QED) is 0.475. The number of halogens is 2. The third kappa shape index (κ3) is 2.59. The number of allylic oxidation sites excluding steroid dienone is 1. The van der Waals surface area contributed by atoms with Crippen LogP contribution in [0.5, 0.6) is 0 Å². The van der Waals surface area contributed by atoms with Gasteiger partial charge < -0.3 is 4.89 Å². The Balaban J connectivity index is 3.49. The van der Waals surface area contributed by atoms with Crippen LogP contribution in [0.1, 0.15) is 41.5 Å². The summed E-state index contributed by atoms with van der Waals surface area (Å²) < 4.78 is 11.0. The minimum absolute atomic E-state index is 0.271. The summed E-state index contributed by atoms with van der Waals surface area (Å²) in [7, 11) is -1.85. The highest BCUT2D eigenvalue weighted by molar-refractivity contribution is 9.14. The highest BCUT2D eigenvalue weighted by Crippen LogP contribution is 2.77. The van der Waals surface area contributed by atoms with Gasteiger partial charge in [0, 0.05) is 10.8 Å². The number of rotatable bonds is 1. The van der Waals surface area contributed by atoms with Gasteiger partial charge in [0.2, 0.25) is 4.51 Å². The first-order valence-electron chi connectivity index (χ1n) is 5.76. The molecule has 0 spiro atoms. The first-order chi connectivity index (χ1) is 7.79. The highest BCUT2D eigenvalue weighted by atomic mass is 79.9. The summed E-state index contributed by atoms with van der Waals surface area (Å²) in [6, 6.07) is 0. The van der Waals surface area contributed by atoms with Crippen LogP contribution in [0.25, 0.3) is 0 Å². The lowest BCUT2D eigenvalue weighted by atomic mass is 9.86. The summed E-state index contributed by atoms with van der Waals surface area (Å²) in [6.07, 6.45) is 0. The zero-order chi connectivity index (χ0) is 14.6. The molecule has 0 bridgehead atoms. The lowest BCUT2D eigenvalue weighted by Crippen LogP contribution is -2.37. The van der Waals surface area contributed by atoms with Crippen molar-refractivity contribution in [3.05, 3.63) is 9.80 Å². The van der Waals surface area contributed by atoms with E-state index in [1.54, 1.807) is 0 Å². The van der Waals surface area contributed by atoms with Crippen molar-refractivity contribution in [2.24, 2.45) is 10.8 Å². The van der Waals surface area contributed by atoms with Crippen LogP contribution in [-0.2, 0) is 9.05 Å². The van der Waals surface area contributed by atoms with Gasteiger partial charge >= 0.3 is 0 Å². The van der Waals surface area contributed by atoms with Crippen LogP contribution in [0.3, 0.4) is 0 Å². The van der Waals surface area contributed by atoms with E-state index < -0.39 is 12.5 Å². The third-order valence-electron chi connectivity index (χ3n) is 2.93. The van der Waals surface area contributed by atoms with Crippen LogP contribution in [0.15, 0.2) is 9.80 Å². The average molecular weight is 404 g/mol. The molecular weight excluding hydrogens is 383 g/mol. The van der Waals surface area contributed by atoms with E-state index in [0.717, 1.165) is 4.48 Å². The Morgan fingerprint density at radius 2 is 1.67 bits per heavy atom. The Hall–Kier alpha value is 1.01. The van der Waals surface area contributed by atoms with Gasteiger partial charge in [0.25, 0.3) is 7.94 Å². The minimum Gasteiger partial charge on any atom is -0.627 e. The molecule has 0 aliphatic carbocycles. The smallest absolute Gasteiger partial charge is 0.270 e. The Bertz CT molecular complexity index is 384. The number of alkyl halides is 1. The number of hydrogen-bond donors (Lipinski definition) is 0. The normalized spacial score (nSPS) is 34.3. The van der Waals surface area contributed by atoms with Crippen molar-refractivity contribution in [2.75, 3.05) is 7.11 Å². The monoisotopic (exact) mass is 402 g/mol. The topological polar surface area (TPSA) is 41.5 Å². The summed E-state index contributed by atoms with van der Waals surface area (Å²) >= 11 is 7.17. The van der Waals surface area contributed by atoms with Crippen molar-refractivity contribution < 1.29 is 13.9 Å². The second kappa shape index (κ2) is 4.78. The molecular formula is C12H21Br2O3P. The third-order valence-corrected chi connectivity index (χ3v) is 9.15. The SMILES string of the molecule is CO[P+]1([O-])OC(Br)(C(C)(C)C)C(Br)=C1C(C)(C)C. The van der Waals surface area contributed by atoms with Crippen LogP contribution < -0.4 is 4.89 Å². The Labute approximate surface area is 127 Å². The first-order valence-corrected chi connectivity index (χ1v) is 8.89. The molecule has 0 radical (unpaired) electrons. The van der Waals surface area contributed by atoms with Gasteiger partial charge in [-0.2, -0.15) is 4.52 Å². The fourth-order valence-electron chi connectivity index (χ4n) is 1.86. The predicted molar refractivity (Wildman–Crippen MR) is 81.5 cm³/mol. The molecule has 2 unspecified atom stereocenters. The molecule has 1 rings (SSSR count). The molecule has 0 aromatic heterocycles. The second-order valence-corrected chi connectivity index (χ2v) is 10.4. The second-order valence-electron chi connectivity index (χ2n) is 6.53. The Morgan fingerprint density at radius 1 is 1.22 bits per heavy atom. The van der Waals surface area contributed by atoms with Gasteiger partial charge in [0.1, 0.15) is 5.31 Å². The van der Waals surface area contributed by atoms with Crippen molar-refractivity contribution in [3.63, 3.8) is 0 Å². The van der Waals surface area contributed by atoms with Gasteiger partial charge in [0.05, 0.1) is 11.6 Å². The lowest BCUT2D eigenvalue weighted by Gasteiger charge is -2.36. The van der Waals surface area contributed by atoms with Gasteiger partial charge in [-0.3, -0.25) is 0 Å². The maximum atomic E-state index is 12.9. The van der Waals surface area contributed by atoms with E-state index in [1.807, 2.05) is 41.5 Å². The summed E-state index contributed by atoms with van der Waals surface area (Å²) in [4.78, 5) is 12.9. The fourth-order valence-corrected chi connectivity index (χ4v) is 7.09. The van der Waals surface area contributed by atoms with Gasteiger partial charge in [-0.15, -0.1) is 0 Å². The zero-order valence-electron chi connectivity index (χ0n) is 11.9. The van der Waals surface area contributed by atoms with Crippen LogP contribution in [-0.4, -0.2) is 11.6 Å². The molecule has 6 heteroatoms. The molecule has 0 saturated heterocycles. The van der Waals surface area contributed by atoms with Crippen molar-refractivity contribution in [1.29, 1.82) is 0 Å². The minimum atomic E-state index is -3.27. The molecule has 1 aliphatic heterocycles. The van der Waals surface area contributed by atoms with Crippen molar-refractivity contribution >= 4 is 39.8 Å². The average Bonchev–Trinajstić information content (AvgIpc) is 2.34. The molecule has 18 heavy (non-hydrogen) atoms. The first kappa shape index (κ1) is 17.1. The van der Waals surface area contributed by atoms with Crippen molar-refractivity contribution in [2.45, 2.75) is 46.1 Å². The van der Waals surface area contributed by atoms with E-state index >= 15 is 0 Å². The fraction of sp³-hybridized carbons (Fsp3) is 0.833. The molecule has 0 aromatic rings. The standard InChI is InChI=1S/C12H21Br2O3P/c1-10(2,3)9-8(13)12(14,11(4,5)6)17-18(9,15)16-7/h1-7H3. The van der Waals surface area contributed by atoms with Gasteiger partial charge in [0.15, 0.2) is 0 Å². The van der Waals surface area contributed by atoms with E-state index in [9.17, 15) is 4.89 Å². The van der Waals surface area contributed by atoms with Gasteiger partial charge in [-0.25, -0.2) is 4.52 Å². The maximum absolute atomic E-state index is 12.9. The summed E-state index contributed by atoms with van der Waals surface area (Å²) in [5.74, 6) is 0. The van der Waals surface area contributed by atoms with Crippen LogP contribution >= 0.6 is 39.8 Å². The van der Waals surface area contributed by atoms with E-state index in [4.69, 9.17) is 9.05 Å². The molecule has 0 fully saturated rings. The molecule has 0 aromatic carbocycles. The van der Waals surface area contributed by atoms with Crippen LogP contribution in [0.4, 0.5) is 0 Å². The largest absolute Gasteiger partial charge is 0.627 e. The Morgan fingerprint density at radius 3 is 1.89 bits per heavy atom. The van der Waals surface area contributed by atoms with E-state index in [1.165, 1.54) is 7.11 Å². The van der Waals surface area contributed by atoms with E-state index in [0.29, 0.717) is 5.31 Å². The molecule has 3 nitrogen and oxygen atoms in total. The summed E-state index contributed by atoms with van der Waals surface area (Å²) in [5, 5.41) is 0.698. The van der Waals surface area contributed by atoms with Crippen LogP contribution in [0, 0.1) is 10.8 Å². The highest BCUT2D eigenvalue weighted by Gasteiger charge is 2.64. The molecule has 1 heterocycles. The van der Waals surface area contributed by atoms with E-state index in [-0.39, 0.29) is 10.8 Å². The predicted octanol–water partition coefficient (Wildman–Crippen LogP) is 4.58. The zero-order valence-corrected chi connectivity index (χ0v) is 16.0. The lowest BCUT2D eigenvalue weighted by molar-refractivity contribution is -0.218. The van der Waals surface area contributed by atoms with Gasteiger partial charge in [-0.05, 0) is 31.9 Å². The molecule has 2 atom stereocenters. The van der Waals surface area contributed by atoms with Crippen LogP contribution in [0.2, 0.25) is 0 Å². The molecule has 106 valence electrons. The molecule has 0 N–H and O–H groups in total. The van der Waals surface area contributed by atoms with Gasteiger partial charge in [-0.1, -0.05) is 41.5 Å². The summed E-state index contributed by atoms with van der Waals surface area (Å²) in [5.41, 5.74) is -0.571. The number of hydrogen-bond acceptors (Lipinski definition) is 3. The molecule has 0 amide bonds. The molecule has 0 saturated carbocycles. The molecule has 1 aliphatic rings. The van der Waals surface area contributed by atoms with Crippen molar-refractivity contribution in [3.8, 4) is 0 Å². The van der Waals surface area contributed by atoms with E-state index in [2.05, 4.69) is 31.9 Å².